The van der Waals surface area contributed by atoms with Crippen LogP contribution < -0.4 is 5.32 Å². The Bertz CT molecular complexity index is 773. The fourth-order valence-corrected chi connectivity index (χ4v) is 9.13. The summed E-state index contributed by atoms with van der Waals surface area (Å²) in [5.74, 6) is -0.0237. The summed E-state index contributed by atoms with van der Waals surface area (Å²) in [4.78, 5) is 12.4. The molecule has 0 rings (SSSR count). The topological polar surface area (TPSA) is 69.6 Å². The van der Waals surface area contributed by atoms with Gasteiger partial charge < -0.3 is 15.5 Å². The third-order valence-electron chi connectivity index (χ3n) is 13.4. The van der Waals surface area contributed by atoms with Crippen molar-refractivity contribution >= 4 is 5.91 Å². The van der Waals surface area contributed by atoms with Crippen molar-refractivity contribution in [3.8, 4) is 0 Å². The number of hydrogen-bond donors (Lipinski definition) is 3. The van der Waals surface area contributed by atoms with Gasteiger partial charge in [0.1, 0.15) is 0 Å². The molecule has 3 N–H and O–H groups in total. The molecule has 2 atom stereocenters. The summed E-state index contributed by atoms with van der Waals surface area (Å²) in [7, 11) is 0. The summed E-state index contributed by atoms with van der Waals surface area (Å²) in [6, 6.07) is -0.530. The minimum absolute atomic E-state index is 0.0237. The van der Waals surface area contributed by atoms with Crippen molar-refractivity contribution in [1.29, 1.82) is 0 Å². The van der Waals surface area contributed by atoms with Gasteiger partial charge in [-0.2, -0.15) is 0 Å². The van der Waals surface area contributed by atoms with Crippen molar-refractivity contribution < 1.29 is 15.0 Å². The summed E-state index contributed by atoms with van der Waals surface area (Å²) in [6.45, 7) is 4.40. The van der Waals surface area contributed by atoms with E-state index in [1.807, 2.05) is 0 Å². The summed E-state index contributed by atoms with van der Waals surface area (Å²) >= 11 is 0. The minimum Gasteiger partial charge on any atom is -0.394 e. The summed E-state index contributed by atoms with van der Waals surface area (Å²) in [5.41, 5.74) is 0. The third kappa shape index (κ3) is 48.3. The van der Waals surface area contributed by atoms with Gasteiger partial charge in [-0.05, 0) is 12.8 Å². The van der Waals surface area contributed by atoms with E-state index < -0.39 is 12.1 Å². The third-order valence-corrected chi connectivity index (χ3v) is 13.4. The van der Waals surface area contributed by atoms with Crippen LogP contribution in [0.1, 0.15) is 328 Å². The van der Waals surface area contributed by atoms with E-state index in [1.165, 1.54) is 276 Å². The van der Waals surface area contributed by atoms with Gasteiger partial charge in [0.25, 0.3) is 0 Å². The zero-order valence-electron chi connectivity index (χ0n) is 40.8. The summed E-state index contributed by atoms with van der Waals surface area (Å²) in [6.07, 6.45) is 65.2. The van der Waals surface area contributed by atoms with E-state index in [4.69, 9.17) is 0 Å². The minimum atomic E-state index is -0.654. The molecule has 1 amide bonds. The van der Waals surface area contributed by atoms with E-state index in [0.29, 0.717) is 12.8 Å². The molecule has 0 aromatic carbocycles. The maximum atomic E-state index is 12.4. The van der Waals surface area contributed by atoms with Gasteiger partial charge in [0, 0.05) is 6.42 Å². The molecule has 0 spiro atoms. The van der Waals surface area contributed by atoms with Gasteiger partial charge in [0.05, 0.1) is 18.8 Å². The Kier molecular flexibility index (Phi) is 51.2. The number of hydrogen-bond acceptors (Lipinski definition) is 3. The van der Waals surface area contributed by atoms with Crippen molar-refractivity contribution in [3.63, 3.8) is 0 Å². The molecular weight excluding hydrogens is 723 g/mol. The largest absolute Gasteiger partial charge is 0.394 e. The van der Waals surface area contributed by atoms with E-state index >= 15 is 0 Å². The molecule has 4 heteroatoms. The first-order valence-corrected chi connectivity index (χ1v) is 27.7. The maximum absolute atomic E-state index is 12.4. The first-order valence-electron chi connectivity index (χ1n) is 27.7. The average molecular weight is 834 g/mol. The normalized spacial score (nSPS) is 12.7. The zero-order valence-corrected chi connectivity index (χ0v) is 40.8. The van der Waals surface area contributed by atoms with Crippen LogP contribution in [-0.4, -0.2) is 34.9 Å². The van der Waals surface area contributed by atoms with Crippen LogP contribution in [0.15, 0.2) is 0 Å². The molecule has 0 fully saturated rings. The Labute approximate surface area is 372 Å². The number of amides is 1. The zero-order chi connectivity index (χ0) is 42.8. The Morgan fingerprint density at radius 3 is 0.763 bits per heavy atom. The predicted octanol–water partition coefficient (Wildman–Crippen LogP) is 18.0. The van der Waals surface area contributed by atoms with E-state index in [2.05, 4.69) is 19.2 Å². The standard InChI is InChI=1S/C55H111NO3/c1-3-5-7-9-11-13-15-17-19-21-22-23-24-25-26-27-28-29-30-31-32-33-34-35-36-38-40-42-44-46-48-50-54(58)53(52-57)56-55(59)51-49-47-45-43-41-39-37-20-18-16-14-12-10-8-6-4-2/h53-54,57-58H,3-52H2,1-2H3,(H,56,59). The van der Waals surface area contributed by atoms with Crippen LogP contribution in [0, 0.1) is 0 Å². The average Bonchev–Trinajstić information content (AvgIpc) is 3.24. The molecule has 0 aromatic heterocycles. The lowest BCUT2D eigenvalue weighted by Crippen LogP contribution is -2.45. The van der Waals surface area contributed by atoms with Gasteiger partial charge in [-0.15, -0.1) is 0 Å². The van der Waals surface area contributed by atoms with E-state index in [1.54, 1.807) is 0 Å². The van der Waals surface area contributed by atoms with E-state index in [-0.39, 0.29) is 12.5 Å². The fourth-order valence-electron chi connectivity index (χ4n) is 9.13. The molecule has 2 unspecified atom stereocenters. The molecule has 0 radical (unpaired) electrons. The van der Waals surface area contributed by atoms with Crippen molar-refractivity contribution in [2.24, 2.45) is 0 Å². The number of nitrogens with one attached hydrogen (secondary N) is 1. The van der Waals surface area contributed by atoms with Crippen LogP contribution in [0.4, 0.5) is 0 Å². The molecule has 4 nitrogen and oxygen atoms in total. The SMILES string of the molecule is CCCCCCCCCCCCCCCCCCCCCCCCCCCCCCCCCC(O)C(CO)NC(=O)CCCCCCCCCCCCCCCCCC. The Morgan fingerprint density at radius 1 is 0.339 bits per heavy atom. The number of aliphatic hydroxyl groups is 2. The van der Waals surface area contributed by atoms with Crippen LogP contribution in [-0.2, 0) is 4.79 Å². The van der Waals surface area contributed by atoms with Crippen molar-refractivity contribution in [1.82, 2.24) is 5.32 Å². The highest BCUT2D eigenvalue weighted by atomic mass is 16.3. The lowest BCUT2D eigenvalue weighted by Gasteiger charge is -2.22. The smallest absolute Gasteiger partial charge is 0.220 e. The van der Waals surface area contributed by atoms with E-state index in [9.17, 15) is 15.0 Å². The maximum Gasteiger partial charge on any atom is 0.220 e. The molecule has 0 heterocycles. The van der Waals surface area contributed by atoms with Crippen molar-refractivity contribution in [3.05, 3.63) is 0 Å². The number of unbranched alkanes of at least 4 members (excludes halogenated alkanes) is 45. The van der Waals surface area contributed by atoms with Gasteiger partial charge in [-0.1, -0.05) is 309 Å². The monoisotopic (exact) mass is 834 g/mol. The van der Waals surface area contributed by atoms with Gasteiger partial charge >= 0.3 is 0 Å². The number of aliphatic hydroxyl groups excluding tert-OH is 2. The molecular formula is C55H111NO3. The molecule has 0 aliphatic heterocycles. The molecule has 0 aromatic rings. The first kappa shape index (κ1) is 58.4. The summed E-state index contributed by atoms with van der Waals surface area (Å²) < 4.78 is 0. The van der Waals surface area contributed by atoms with Crippen molar-refractivity contribution in [2.45, 2.75) is 341 Å². The number of rotatable bonds is 52. The lowest BCUT2D eigenvalue weighted by molar-refractivity contribution is -0.123. The number of carbonyl (C=O) groups excluding carboxylic acids is 1. The second kappa shape index (κ2) is 51.7. The van der Waals surface area contributed by atoms with Crippen LogP contribution in [0.2, 0.25) is 0 Å². The van der Waals surface area contributed by atoms with Gasteiger partial charge in [-0.3, -0.25) is 4.79 Å². The molecule has 0 saturated heterocycles. The van der Waals surface area contributed by atoms with Crippen molar-refractivity contribution in [2.75, 3.05) is 6.61 Å². The summed E-state index contributed by atoms with van der Waals surface area (Å²) in [5, 5.41) is 23.3. The number of carbonyl (C=O) groups is 1. The van der Waals surface area contributed by atoms with Crippen LogP contribution >= 0.6 is 0 Å². The first-order chi connectivity index (χ1) is 29.2. The molecule has 0 aliphatic rings. The molecule has 59 heavy (non-hydrogen) atoms. The molecule has 0 saturated carbocycles. The van der Waals surface area contributed by atoms with Crippen LogP contribution in [0.5, 0.6) is 0 Å². The molecule has 0 bridgehead atoms. The van der Waals surface area contributed by atoms with Gasteiger partial charge in [0.15, 0.2) is 0 Å². The van der Waals surface area contributed by atoms with Gasteiger partial charge in [-0.25, -0.2) is 0 Å². The highest BCUT2D eigenvalue weighted by molar-refractivity contribution is 5.76. The highest BCUT2D eigenvalue weighted by Gasteiger charge is 2.20. The molecule has 0 aliphatic carbocycles. The van der Waals surface area contributed by atoms with Gasteiger partial charge in [0.2, 0.25) is 5.91 Å². The highest BCUT2D eigenvalue weighted by Crippen LogP contribution is 2.18. The second-order valence-electron chi connectivity index (χ2n) is 19.4. The fraction of sp³-hybridized carbons (Fsp3) is 0.982. The van der Waals surface area contributed by atoms with E-state index in [0.717, 1.165) is 25.7 Å². The quantitative estimate of drug-likeness (QED) is 0.0535. The Morgan fingerprint density at radius 2 is 0.542 bits per heavy atom. The predicted molar refractivity (Wildman–Crippen MR) is 263 cm³/mol. The Hall–Kier alpha value is -0.610. The lowest BCUT2D eigenvalue weighted by atomic mass is 10.0. The second-order valence-corrected chi connectivity index (χ2v) is 19.4. The molecule has 354 valence electrons. The van der Waals surface area contributed by atoms with Crippen LogP contribution in [0.3, 0.4) is 0 Å². The van der Waals surface area contributed by atoms with Crippen LogP contribution in [0.25, 0.3) is 0 Å². The Balaban J connectivity index is 3.37.